The fourth-order valence-electron chi connectivity index (χ4n) is 3.99. The molecule has 1 heterocycles. The number of nitrogens with zero attached hydrogens (tertiary/aromatic N) is 2. The maximum Gasteiger partial charge on any atom is 0.226 e. The normalized spacial score (nSPS) is 20.6. The fourth-order valence-corrected chi connectivity index (χ4v) is 3.99. The number of piperazine rings is 1. The minimum absolute atomic E-state index is 0.170. The van der Waals surface area contributed by atoms with Gasteiger partial charge in [0.25, 0.3) is 0 Å². The topological polar surface area (TPSA) is 23.6 Å². The molecule has 3 nitrogen and oxygen atoms in total. The van der Waals surface area contributed by atoms with Crippen LogP contribution in [0.25, 0.3) is 0 Å². The van der Waals surface area contributed by atoms with Crippen molar-refractivity contribution in [1.29, 1.82) is 0 Å². The van der Waals surface area contributed by atoms with E-state index in [0.29, 0.717) is 5.91 Å². The van der Waals surface area contributed by atoms with Gasteiger partial charge < -0.3 is 9.80 Å². The summed E-state index contributed by atoms with van der Waals surface area (Å²) in [5, 5.41) is 0. The molecule has 2 aromatic carbocycles. The molecule has 0 aromatic heterocycles. The summed E-state index contributed by atoms with van der Waals surface area (Å²) in [6.45, 7) is 3.54. The monoisotopic (exact) mass is 320 g/mol. The minimum atomic E-state index is 0.170. The third kappa shape index (κ3) is 3.03. The van der Waals surface area contributed by atoms with Crippen molar-refractivity contribution in [3.8, 4) is 0 Å². The second kappa shape index (κ2) is 6.68. The maximum absolute atomic E-state index is 12.9. The predicted molar refractivity (Wildman–Crippen MR) is 97.2 cm³/mol. The van der Waals surface area contributed by atoms with Crippen LogP contribution in [0.3, 0.4) is 0 Å². The van der Waals surface area contributed by atoms with E-state index in [1.54, 1.807) is 0 Å². The van der Waals surface area contributed by atoms with Gasteiger partial charge in [-0.05, 0) is 42.5 Å². The summed E-state index contributed by atoms with van der Waals surface area (Å²) in [7, 11) is 0. The molecule has 1 saturated heterocycles. The second-order valence-corrected chi connectivity index (χ2v) is 6.86. The fraction of sp³-hybridized carbons (Fsp3) is 0.381. The number of carbonyl (C=O) groups excluding carboxylic acids is 1. The van der Waals surface area contributed by atoms with Crippen LogP contribution < -0.4 is 4.90 Å². The number of amides is 1. The molecule has 24 heavy (non-hydrogen) atoms. The first-order valence-electron chi connectivity index (χ1n) is 8.97. The Morgan fingerprint density at radius 2 is 1.50 bits per heavy atom. The van der Waals surface area contributed by atoms with E-state index >= 15 is 0 Å². The highest BCUT2D eigenvalue weighted by atomic mass is 16.2. The molecular weight excluding hydrogens is 296 g/mol. The van der Waals surface area contributed by atoms with Crippen molar-refractivity contribution in [2.45, 2.75) is 19.3 Å². The van der Waals surface area contributed by atoms with Gasteiger partial charge in [0.05, 0.1) is 0 Å². The van der Waals surface area contributed by atoms with E-state index in [1.165, 1.54) is 16.8 Å². The lowest BCUT2D eigenvalue weighted by atomic mass is 9.83. The molecule has 3 heteroatoms. The lowest BCUT2D eigenvalue weighted by molar-refractivity contribution is -0.136. The number of hydrogen-bond donors (Lipinski definition) is 0. The van der Waals surface area contributed by atoms with Crippen LogP contribution in [0, 0.1) is 5.92 Å². The zero-order valence-corrected chi connectivity index (χ0v) is 14.0. The van der Waals surface area contributed by atoms with Gasteiger partial charge in [0.15, 0.2) is 0 Å². The lowest BCUT2D eigenvalue weighted by Gasteiger charge is -2.38. The molecule has 0 spiro atoms. The van der Waals surface area contributed by atoms with Gasteiger partial charge in [-0.25, -0.2) is 0 Å². The molecule has 1 fully saturated rings. The number of fused-ring (bicyclic) bond motifs is 1. The van der Waals surface area contributed by atoms with Gasteiger partial charge in [-0.3, -0.25) is 4.79 Å². The van der Waals surface area contributed by atoms with E-state index < -0.39 is 0 Å². The highest BCUT2D eigenvalue weighted by Gasteiger charge is 2.30. The number of para-hydroxylation sites is 1. The lowest BCUT2D eigenvalue weighted by Crippen LogP contribution is -2.51. The third-order valence-corrected chi connectivity index (χ3v) is 5.41. The Kier molecular flexibility index (Phi) is 4.24. The van der Waals surface area contributed by atoms with Crippen LogP contribution in [-0.4, -0.2) is 37.0 Å². The molecule has 124 valence electrons. The molecule has 4 rings (SSSR count). The first-order valence-corrected chi connectivity index (χ1v) is 8.97. The maximum atomic E-state index is 12.9. The molecule has 1 aliphatic heterocycles. The molecule has 1 atom stereocenters. The SMILES string of the molecule is O=C(C1CCc2ccccc2C1)N1CCN(c2ccccc2)CC1. The van der Waals surface area contributed by atoms with Gasteiger partial charge >= 0.3 is 0 Å². The third-order valence-electron chi connectivity index (χ3n) is 5.41. The van der Waals surface area contributed by atoms with Gasteiger partial charge in [-0.1, -0.05) is 42.5 Å². The summed E-state index contributed by atoms with van der Waals surface area (Å²) in [5.74, 6) is 0.528. The van der Waals surface area contributed by atoms with Crippen LogP contribution in [-0.2, 0) is 17.6 Å². The Labute approximate surface area is 143 Å². The van der Waals surface area contributed by atoms with Crippen LogP contribution in [0.15, 0.2) is 54.6 Å². The Morgan fingerprint density at radius 1 is 0.833 bits per heavy atom. The molecule has 2 aromatic rings. The molecule has 1 aliphatic carbocycles. The van der Waals surface area contributed by atoms with Crippen molar-refractivity contribution >= 4 is 11.6 Å². The van der Waals surface area contributed by atoms with Crippen molar-refractivity contribution in [3.63, 3.8) is 0 Å². The largest absolute Gasteiger partial charge is 0.368 e. The van der Waals surface area contributed by atoms with E-state index in [9.17, 15) is 4.79 Å². The standard InChI is InChI=1S/C21H24N2O/c24-21(19-11-10-17-6-4-5-7-18(17)16-19)23-14-12-22(13-15-23)20-8-2-1-3-9-20/h1-9,19H,10-16H2. The first-order chi connectivity index (χ1) is 11.8. The Hall–Kier alpha value is -2.29. The van der Waals surface area contributed by atoms with E-state index in [-0.39, 0.29) is 5.92 Å². The van der Waals surface area contributed by atoms with Crippen LogP contribution in [0.2, 0.25) is 0 Å². The van der Waals surface area contributed by atoms with Crippen LogP contribution in [0.4, 0.5) is 5.69 Å². The highest BCUT2D eigenvalue weighted by molar-refractivity contribution is 5.80. The van der Waals surface area contributed by atoms with E-state index in [4.69, 9.17) is 0 Å². The molecule has 0 N–H and O–H groups in total. The molecule has 1 amide bonds. The number of benzene rings is 2. The molecule has 0 bridgehead atoms. The summed E-state index contributed by atoms with van der Waals surface area (Å²) in [6.07, 6.45) is 2.94. The number of hydrogen-bond acceptors (Lipinski definition) is 2. The van der Waals surface area contributed by atoms with E-state index in [0.717, 1.165) is 45.4 Å². The van der Waals surface area contributed by atoms with Crippen LogP contribution in [0.1, 0.15) is 17.5 Å². The first kappa shape index (κ1) is 15.3. The summed E-state index contributed by atoms with van der Waals surface area (Å²) < 4.78 is 0. The number of anilines is 1. The Balaban J connectivity index is 1.37. The molecule has 2 aliphatic rings. The molecule has 1 unspecified atom stereocenters. The van der Waals surface area contributed by atoms with Crippen molar-refractivity contribution in [1.82, 2.24) is 4.90 Å². The van der Waals surface area contributed by atoms with Crippen molar-refractivity contribution in [3.05, 3.63) is 65.7 Å². The molecular formula is C21H24N2O. The number of carbonyl (C=O) groups is 1. The van der Waals surface area contributed by atoms with Crippen LogP contribution >= 0.6 is 0 Å². The minimum Gasteiger partial charge on any atom is -0.368 e. The van der Waals surface area contributed by atoms with Crippen molar-refractivity contribution in [2.75, 3.05) is 31.1 Å². The zero-order chi connectivity index (χ0) is 16.4. The quantitative estimate of drug-likeness (QED) is 0.849. The summed E-state index contributed by atoms with van der Waals surface area (Å²) in [4.78, 5) is 17.4. The Morgan fingerprint density at radius 3 is 2.25 bits per heavy atom. The number of rotatable bonds is 2. The second-order valence-electron chi connectivity index (χ2n) is 6.86. The van der Waals surface area contributed by atoms with E-state index in [2.05, 4.69) is 58.3 Å². The van der Waals surface area contributed by atoms with Gasteiger partial charge in [-0.15, -0.1) is 0 Å². The number of aryl methyl sites for hydroxylation is 1. The summed E-state index contributed by atoms with van der Waals surface area (Å²) in [6, 6.07) is 19.1. The summed E-state index contributed by atoms with van der Waals surface area (Å²) >= 11 is 0. The van der Waals surface area contributed by atoms with E-state index in [1.807, 2.05) is 6.07 Å². The van der Waals surface area contributed by atoms with Gasteiger partial charge in [-0.2, -0.15) is 0 Å². The van der Waals surface area contributed by atoms with Gasteiger partial charge in [0, 0.05) is 37.8 Å². The Bertz CT molecular complexity index is 705. The van der Waals surface area contributed by atoms with Crippen molar-refractivity contribution < 1.29 is 4.79 Å². The smallest absolute Gasteiger partial charge is 0.226 e. The van der Waals surface area contributed by atoms with Crippen LogP contribution in [0.5, 0.6) is 0 Å². The molecule has 0 saturated carbocycles. The molecule has 0 radical (unpaired) electrons. The van der Waals surface area contributed by atoms with Gasteiger partial charge in [0.2, 0.25) is 5.91 Å². The summed E-state index contributed by atoms with van der Waals surface area (Å²) in [5.41, 5.74) is 4.05. The predicted octanol–water partition coefficient (Wildman–Crippen LogP) is 3.14. The average molecular weight is 320 g/mol. The van der Waals surface area contributed by atoms with Crippen molar-refractivity contribution in [2.24, 2.45) is 5.92 Å². The zero-order valence-electron chi connectivity index (χ0n) is 14.0. The van der Waals surface area contributed by atoms with Gasteiger partial charge in [0.1, 0.15) is 0 Å². The average Bonchev–Trinajstić information content (AvgIpc) is 2.68. The highest BCUT2D eigenvalue weighted by Crippen LogP contribution is 2.27.